The molecule has 0 unspecified atom stereocenters. The molecule has 1 heterocycles. The van der Waals surface area contributed by atoms with Gasteiger partial charge < -0.3 is 4.90 Å². The highest BCUT2D eigenvalue weighted by molar-refractivity contribution is 6.30. The Hall–Kier alpha value is -0.870. The van der Waals surface area contributed by atoms with Gasteiger partial charge in [-0.15, -0.1) is 11.6 Å². The van der Waals surface area contributed by atoms with Gasteiger partial charge in [-0.2, -0.15) is 0 Å². The molecular formula is C13H13Cl2F2NO. The lowest BCUT2D eigenvalue weighted by molar-refractivity contribution is 0.0693. The highest BCUT2D eigenvalue weighted by atomic mass is 35.5. The number of hydrogen-bond acceptors (Lipinski definition) is 1. The number of amides is 1. The first-order valence-electron chi connectivity index (χ1n) is 6.02. The maximum Gasteiger partial charge on any atom is 0.256 e. The van der Waals surface area contributed by atoms with E-state index in [1.807, 2.05) is 0 Å². The van der Waals surface area contributed by atoms with E-state index in [0.717, 1.165) is 25.0 Å². The molecule has 0 bridgehead atoms. The first-order valence-corrected chi connectivity index (χ1v) is 6.94. The van der Waals surface area contributed by atoms with Crippen LogP contribution in [0, 0.1) is 17.6 Å². The molecule has 0 aromatic heterocycles. The number of halogens is 4. The van der Waals surface area contributed by atoms with E-state index in [1.165, 1.54) is 4.90 Å². The number of carbonyl (C=O) groups excluding carboxylic acids is 1. The van der Waals surface area contributed by atoms with Gasteiger partial charge in [0.05, 0.1) is 10.6 Å². The van der Waals surface area contributed by atoms with E-state index in [-0.39, 0.29) is 10.6 Å². The average molecular weight is 308 g/mol. The first kappa shape index (κ1) is 14.5. The van der Waals surface area contributed by atoms with Crippen molar-refractivity contribution in [3.05, 3.63) is 34.4 Å². The summed E-state index contributed by atoms with van der Waals surface area (Å²) in [6, 6.07) is 1.68. The van der Waals surface area contributed by atoms with Crippen LogP contribution in [-0.4, -0.2) is 29.8 Å². The molecule has 1 aromatic carbocycles. The van der Waals surface area contributed by atoms with Gasteiger partial charge in [-0.3, -0.25) is 4.79 Å². The topological polar surface area (TPSA) is 20.3 Å². The lowest BCUT2D eigenvalue weighted by Gasteiger charge is -2.31. The summed E-state index contributed by atoms with van der Waals surface area (Å²) in [5.74, 6) is -1.14. The van der Waals surface area contributed by atoms with Gasteiger partial charge in [0.15, 0.2) is 0 Å². The fourth-order valence-electron chi connectivity index (χ4n) is 2.15. The van der Waals surface area contributed by atoms with E-state index in [1.54, 1.807) is 0 Å². The Morgan fingerprint density at radius 3 is 2.47 bits per heavy atom. The lowest BCUT2D eigenvalue weighted by Crippen LogP contribution is -2.39. The Balaban J connectivity index is 2.14. The molecule has 2 rings (SSSR count). The van der Waals surface area contributed by atoms with Crippen LogP contribution < -0.4 is 0 Å². The van der Waals surface area contributed by atoms with Gasteiger partial charge in [-0.25, -0.2) is 8.78 Å². The average Bonchev–Trinajstić information content (AvgIpc) is 2.42. The standard InChI is InChI=1S/C13H13Cl2F2NO/c14-7-8-1-3-18(4-2-8)13(19)9-5-12(17)10(15)6-11(9)16/h5-6,8H,1-4,7H2. The third-order valence-corrected chi connectivity index (χ3v) is 4.09. The molecule has 104 valence electrons. The van der Waals surface area contributed by atoms with Gasteiger partial charge in [0, 0.05) is 19.0 Å². The minimum absolute atomic E-state index is 0.272. The van der Waals surface area contributed by atoms with Crippen LogP contribution in [0.2, 0.25) is 5.02 Å². The first-order chi connectivity index (χ1) is 9.02. The van der Waals surface area contributed by atoms with E-state index in [4.69, 9.17) is 23.2 Å². The van der Waals surface area contributed by atoms with E-state index in [2.05, 4.69) is 0 Å². The second-order valence-electron chi connectivity index (χ2n) is 4.64. The molecule has 0 saturated carbocycles. The number of hydrogen-bond donors (Lipinski definition) is 0. The van der Waals surface area contributed by atoms with Crippen LogP contribution in [0.15, 0.2) is 12.1 Å². The zero-order valence-electron chi connectivity index (χ0n) is 10.1. The molecule has 0 aliphatic carbocycles. The van der Waals surface area contributed by atoms with Crippen LogP contribution in [0.25, 0.3) is 0 Å². The van der Waals surface area contributed by atoms with Crippen molar-refractivity contribution in [3.8, 4) is 0 Å². The highest BCUT2D eigenvalue weighted by Gasteiger charge is 2.25. The van der Waals surface area contributed by atoms with E-state index >= 15 is 0 Å². The largest absolute Gasteiger partial charge is 0.339 e. The normalized spacial score (nSPS) is 16.7. The number of alkyl halides is 1. The molecular weight excluding hydrogens is 295 g/mol. The molecule has 0 atom stereocenters. The zero-order valence-corrected chi connectivity index (χ0v) is 11.6. The SMILES string of the molecule is O=C(c1cc(F)c(Cl)cc1F)N1CCC(CCl)CC1. The third kappa shape index (κ3) is 3.18. The fourth-order valence-corrected chi connectivity index (χ4v) is 2.61. The molecule has 0 N–H and O–H groups in total. The van der Waals surface area contributed by atoms with E-state index < -0.39 is 17.5 Å². The molecule has 19 heavy (non-hydrogen) atoms. The van der Waals surface area contributed by atoms with Crippen molar-refractivity contribution in [3.63, 3.8) is 0 Å². The van der Waals surface area contributed by atoms with Crippen molar-refractivity contribution >= 4 is 29.1 Å². The molecule has 1 amide bonds. The predicted molar refractivity (Wildman–Crippen MR) is 70.7 cm³/mol. The molecule has 1 aromatic rings. The Morgan fingerprint density at radius 1 is 1.26 bits per heavy atom. The maximum atomic E-state index is 13.7. The van der Waals surface area contributed by atoms with E-state index in [9.17, 15) is 13.6 Å². The van der Waals surface area contributed by atoms with Gasteiger partial charge in [0.1, 0.15) is 11.6 Å². The van der Waals surface area contributed by atoms with Crippen molar-refractivity contribution < 1.29 is 13.6 Å². The summed E-state index contributed by atoms with van der Waals surface area (Å²) in [7, 11) is 0. The lowest BCUT2D eigenvalue weighted by atomic mass is 9.98. The molecule has 1 aliphatic rings. The minimum atomic E-state index is -0.795. The molecule has 2 nitrogen and oxygen atoms in total. The Morgan fingerprint density at radius 2 is 1.89 bits per heavy atom. The van der Waals surface area contributed by atoms with Crippen molar-refractivity contribution in [1.82, 2.24) is 4.90 Å². The van der Waals surface area contributed by atoms with Crippen LogP contribution in [0.4, 0.5) is 8.78 Å². The number of rotatable bonds is 2. The Kier molecular flexibility index (Phi) is 4.63. The van der Waals surface area contributed by atoms with E-state index in [0.29, 0.717) is 24.9 Å². The van der Waals surface area contributed by atoms with Crippen LogP contribution in [-0.2, 0) is 0 Å². The highest BCUT2D eigenvalue weighted by Crippen LogP contribution is 2.23. The molecule has 1 fully saturated rings. The van der Waals surface area contributed by atoms with Gasteiger partial charge in [0.25, 0.3) is 5.91 Å². The van der Waals surface area contributed by atoms with Crippen molar-refractivity contribution in [1.29, 1.82) is 0 Å². The number of benzene rings is 1. The summed E-state index contributed by atoms with van der Waals surface area (Å²) in [5, 5.41) is -0.324. The van der Waals surface area contributed by atoms with Crippen molar-refractivity contribution in [2.75, 3.05) is 19.0 Å². The van der Waals surface area contributed by atoms with Gasteiger partial charge in [0.2, 0.25) is 0 Å². The predicted octanol–water partition coefficient (Wildman–Crippen LogP) is 3.71. The Labute approximate surface area is 120 Å². The summed E-state index contributed by atoms with van der Waals surface area (Å²) in [5.41, 5.74) is -0.272. The van der Waals surface area contributed by atoms with Crippen molar-refractivity contribution in [2.45, 2.75) is 12.8 Å². The van der Waals surface area contributed by atoms with Crippen LogP contribution >= 0.6 is 23.2 Å². The summed E-state index contributed by atoms with van der Waals surface area (Å²) in [4.78, 5) is 13.6. The van der Waals surface area contributed by atoms with Gasteiger partial charge >= 0.3 is 0 Å². The molecule has 1 aliphatic heterocycles. The van der Waals surface area contributed by atoms with Gasteiger partial charge in [-0.1, -0.05) is 11.6 Å². The smallest absolute Gasteiger partial charge is 0.256 e. The quantitative estimate of drug-likeness (QED) is 0.602. The minimum Gasteiger partial charge on any atom is -0.339 e. The maximum absolute atomic E-state index is 13.7. The second kappa shape index (κ2) is 6.06. The molecule has 0 spiro atoms. The summed E-state index contributed by atoms with van der Waals surface area (Å²) >= 11 is 11.2. The van der Waals surface area contributed by atoms with Crippen molar-refractivity contribution in [2.24, 2.45) is 5.92 Å². The fraction of sp³-hybridized carbons (Fsp3) is 0.462. The number of likely N-dealkylation sites (tertiary alicyclic amines) is 1. The van der Waals surface area contributed by atoms with Crippen LogP contribution in [0.5, 0.6) is 0 Å². The molecule has 1 saturated heterocycles. The second-order valence-corrected chi connectivity index (χ2v) is 5.35. The number of nitrogens with zero attached hydrogens (tertiary/aromatic N) is 1. The molecule has 6 heteroatoms. The van der Waals surface area contributed by atoms with Gasteiger partial charge in [-0.05, 0) is 30.9 Å². The summed E-state index contributed by atoms with van der Waals surface area (Å²) < 4.78 is 27.0. The summed E-state index contributed by atoms with van der Waals surface area (Å²) in [6.45, 7) is 1.03. The zero-order chi connectivity index (χ0) is 14.0. The summed E-state index contributed by atoms with van der Waals surface area (Å²) in [6.07, 6.45) is 1.57. The third-order valence-electron chi connectivity index (χ3n) is 3.36. The number of piperidine rings is 1. The Bertz CT molecular complexity index is 488. The van der Waals surface area contributed by atoms with Crippen LogP contribution in [0.1, 0.15) is 23.2 Å². The monoisotopic (exact) mass is 307 g/mol. The van der Waals surface area contributed by atoms with Crippen LogP contribution in [0.3, 0.4) is 0 Å². The number of carbonyl (C=O) groups is 1. The molecule has 0 radical (unpaired) electrons.